The van der Waals surface area contributed by atoms with Gasteiger partial charge in [0, 0.05) is 32.3 Å². The second-order valence-corrected chi connectivity index (χ2v) is 7.34. The molecule has 0 spiro atoms. The van der Waals surface area contributed by atoms with Gasteiger partial charge in [-0.25, -0.2) is 0 Å². The molecule has 138 valence electrons. The number of aromatic nitrogens is 5. The van der Waals surface area contributed by atoms with Gasteiger partial charge >= 0.3 is 0 Å². The molecule has 2 aliphatic rings. The lowest BCUT2D eigenvalue weighted by Crippen LogP contribution is -2.60. The monoisotopic (exact) mass is 363 g/mol. The summed E-state index contributed by atoms with van der Waals surface area (Å²) in [5.74, 6) is 2.30. The summed E-state index contributed by atoms with van der Waals surface area (Å²) in [5, 5.41) is 13.3. The van der Waals surface area contributed by atoms with Gasteiger partial charge in [-0.15, -0.1) is 15.3 Å². The van der Waals surface area contributed by atoms with Crippen LogP contribution in [-0.4, -0.2) is 61.8 Å². The molecular weight excluding hydrogens is 342 g/mol. The van der Waals surface area contributed by atoms with E-state index in [9.17, 15) is 4.79 Å². The maximum Gasteiger partial charge on any atom is 0.272 e. The lowest BCUT2D eigenvalue weighted by molar-refractivity contribution is 0.0699. The van der Waals surface area contributed by atoms with E-state index in [0.717, 1.165) is 30.4 Å². The molecule has 5 rings (SSSR count). The summed E-state index contributed by atoms with van der Waals surface area (Å²) in [6.07, 6.45) is 5.23. The molecule has 8 heteroatoms. The Kier molecular flexibility index (Phi) is 3.77. The summed E-state index contributed by atoms with van der Waals surface area (Å²) >= 11 is 0. The predicted octanol–water partition coefficient (Wildman–Crippen LogP) is 1.75. The van der Waals surface area contributed by atoms with Crippen molar-refractivity contribution in [3.8, 4) is 0 Å². The molecule has 2 fully saturated rings. The average Bonchev–Trinajstić information content (AvgIpc) is 3.02. The van der Waals surface area contributed by atoms with E-state index in [-0.39, 0.29) is 11.9 Å². The number of hydrogen-bond acceptors (Lipinski definition) is 6. The molecule has 0 N–H and O–H groups in total. The maximum absolute atomic E-state index is 12.5. The van der Waals surface area contributed by atoms with Crippen molar-refractivity contribution in [3.63, 3.8) is 0 Å². The molecule has 27 heavy (non-hydrogen) atoms. The zero-order valence-electron chi connectivity index (χ0n) is 15.2. The van der Waals surface area contributed by atoms with Crippen LogP contribution in [0.2, 0.25) is 0 Å². The van der Waals surface area contributed by atoms with E-state index in [1.54, 1.807) is 17.2 Å². The number of fused-ring (bicyclic) bond motifs is 1. The summed E-state index contributed by atoms with van der Waals surface area (Å²) in [6.45, 7) is 1.52. The molecule has 1 saturated heterocycles. The van der Waals surface area contributed by atoms with Crippen molar-refractivity contribution in [1.29, 1.82) is 0 Å². The number of hydrogen-bond donors (Lipinski definition) is 0. The van der Waals surface area contributed by atoms with Gasteiger partial charge in [-0.1, -0.05) is 12.5 Å². The summed E-state index contributed by atoms with van der Waals surface area (Å²) in [7, 11) is 1.84. The van der Waals surface area contributed by atoms with Gasteiger partial charge in [0.05, 0.1) is 6.04 Å². The summed E-state index contributed by atoms with van der Waals surface area (Å²) in [6, 6.07) is 9.49. The van der Waals surface area contributed by atoms with E-state index in [1.807, 2.05) is 35.8 Å². The van der Waals surface area contributed by atoms with Crippen LogP contribution >= 0.6 is 0 Å². The van der Waals surface area contributed by atoms with Crippen LogP contribution in [0.4, 0.5) is 5.82 Å². The highest BCUT2D eigenvalue weighted by Crippen LogP contribution is 2.35. The summed E-state index contributed by atoms with van der Waals surface area (Å²) < 4.78 is 1.88. The number of carbonyl (C=O) groups excluding carboxylic acids is 1. The van der Waals surface area contributed by atoms with Crippen LogP contribution in [-0.2, 0) is 0 Å². The summed E-state index contributed by atoms with van der Waals surface area (Å²) in [4.78, 5) is 20.6. The van der Waals surface area contributed by atoms with Crippen LogP contribution in [0.15, 0.2) is 36.5 Å². The van der Waals surface area contributed by atoms with Gasteiger partial charge in [0.1, 0.15) is 11.5 Å². The van der Waals surface area contributed by atoms with Crippen molar-refractivity contribution >= 4 is 17.4 Å². The second kappa shape index (κ2) is 6.29. The third-order valence-corrected chi connectivity index (χ3v) is 5.68. The van der Waals surface area contributed by atoms with Crippen molar-refractivity contribution in [2.75, 3.05) is 25.0 Å². The van der Waals surface area contributed by atoms with Crippen LogP contribution < -0.4 is 4.90 Å². The molecule has 1 amide bonds. The van der Waals surface area contributed by atoms with Gasteiger partial charge in [0.25, 0.3) is 5.91 Å². The number of likely N-dealkylation sites (N-methyl/N-ethyl adjacent to an activating group) is 1. The van der Waals surface area contributed by atoms with Crippen LogP contribution in [0.1, 0.15) is 41.5 Å². The Morgan fingerprint density at radius 2 is 2.00 bits per heavy atom. The minimum absolute atomic E-state index is 0.0465. The van der Waals surface area contributed by atoms with E-state index < -0.39 is 0 Å². The minimum Gasteiger partial charge on any atom is -0.351 e. The van der Waals surface area contributed by atoms with Gasteiger partial charge in [0.15, 0.2) is 11.5 Å². The Labute approximate surface area is 156 Å². The molecule has 0 atom stereocenters. The van der Waals surface area contributed by atoms with Crippen molar-refractivity contribution in [1.82, 2.24) is 29.7 Å². The topological polar surface area (TPSA) is 79.5 Å². The Morgan fingerprint density at radius 3 is 2.70 bits per heavy atom. The molecular formula is C19H21N7O. The van der Waals surface area contributed by atoms with Crippen LogP contribution in [0.25, 0.3) is 5.65 Å². The van der Waals surface area contributed by atoms with Crippen molar-refractivity contribution in [2.24, 2.45) is 0 Å². The molecule has 4 heterocycles. The first-order valence-electron chi connectivity index (χ1n) is 9.36. The number of carbonyl (C=O) groups is 1. The third kappa shape index (κ3) is 2.72. The molecule has 3 aromatic rings. The largest absolute Gasteiger partial charge is 0.351 e. The zero-order valence-corrected chi connectivity index (χ0v) is 15.2. The van der Waals surface area contributed by atoms with E-state index >= 15 is 0 Å². The minimum atomic E-state index is -0.0465. The third-order valence-electron chi connectivity index (χ3n) is 5.68. The lowest BCUT2D eigenvalue weighted by Gasteiger charge is -2.44. The first-order valence-corrected chi connectivity index (χ1v) is 9.36. The molecule has 0 aromatic carbocycles. The molecule has 0 radical (unpaired) electrons. The van der Waals surface area contributed by atoms with E-state index in [4.69, 9.17) is 5.10 Å². The number of amides is 1. The van der Waals surface area contributed by atoms with E-state index in [1.165, 1.54) is 19.3 Å². The predicted molar refractivity (Wildman–Crippen MR) is 99.7 cm³/mol. The van der Waals surface area contributed by atoms with Crippen LogP contribution in [0, 0.1) is 0 Å². The Balaban J connectivity index is 1.29. The fourth-order valence-electron chi connectivity index (χ4n) is 3.61. The van der Waals surface area contributed by atoms with Crippen LogP contribution in [0.3, 0.4) is 0 Å². The van der Waals surface area contributed by atoms with Crippen molar-refractivity contribution < 1.29 is 4.79 Å². The fourth-order valence-corrected chi connectivity index (χ4v) is 3.61. The molecule has 1 aliphatic heterocycles. The molecule has 1 saturated carbocycles. The first kappa shape index (κ1) is 16.2. The molecule has 0 bridgehead atoms. The maximum atomic E-state index is 12.5. The number of nitrogens with zero attached hydrogens (tertiary/aromatic N) is 7. The lowest BCUT2D eigenvalue weighted by atomic mass is 9.85. The molecule has 3 aromatic heterocycles. The van der Waals surface area contributed by atoms with Gasteiger partial charge in [-0.2, -0.15) is 4.52 Å². The smallest absolute Gasteiger partial charge is 0.272 e. The Bertz CT molecular complexity index is 976. The highest BCUT2D eigenvalue weighted by molar-refractivity contribution is 5.92. The molecule has 8 nitrogen and oxygen atoms in total. The fraction of sp³-hybridized carbons (Fsp3) is 0.421. The van der Waals surface area contributed by atoms with Gasteiger partial charge in [-0.3, -0.25) is 9.78 Å². The zero-order chi connectivity index (χ0) is 18.4. The van der Waals surface area contributed by atoms with Crippen molar-refractivity contribution in [2.45, 2.75) is 31.2 Å². The van der Waals surface area contributed by atoms with Gasteiger partial charge in [-0.05, 0) is 37.1 Å². The molecule has 0 unspecified atom stereocenters. The highest BCUT2D eigenvalue weighted by atomic mass is 16.2. The average molecular weight is 363 g/mol. The quantitative estimate of drug-likeness (QED) is 0.703. The van der Waals surface area contributed by atoms with E-state index in [2.05, 4.69) is 20.1 Å². The second-order valence-electron chi connectivity index (χ2n) is 7.34. The number of pyridine rings is 1. The Morgan fingerprint density at radius 1 is 1.15 bits per heavy atom. The Hall–Kier alpha value is -3.03. The highest BCUT2D eigenvalue weighted by Gasteiger charge is 2.34. The van der Waals surface area contributed by atoms with Crippen LogP contribution in [0.5, 0.6) is 0 Å². The SMILES string of the molecule is CN(C(=O)c1ccccn1)C1CN(c2ccc3nnc(C4CCC4)n3n2)C1. The first-order chi connectivity index (χ1) is 13.2. The van der Waals surface area contributed by atoms with Gasteiger partial charge in [0.2, 0.25) is 0 Å². The number of rotatable bonds is 4. The standard InChI is InChI=1S/C19H21N7O/c1-24(19(27)15-7-2-3-10-20-15)14-11-25(12-14)17-9-8-16-21-22-18(26(16)23-17)13-5-4-6-13/h2-3,7-10,13-14H,4-6,11-12H2,1H3. The van der Waals surface area contributed by atoms with E-state index in [0.29, 0.717) is 11.6 Å². The normalized spacial score (nSPS) is 17.6. The number of anilines is 1. The van der Waals surface area contributed by atoms with Crippen molar-refractivity contribution in [3.05, 3.63) is 48.0 Å². The molecule has 1 aliphatic carbocycles. The van der Waals surface area contributed by atoms with Gasteiger partial charge < -0.3 is 9.80 Å². The summed E-state index contributed by atoms with van der Waals surface area (Å²) in [5.41, 5.74) is 1.27.